The minimum absolute atomic E-state index is 0.0387. The fourth-order valence-corrected chi connectivity index (χ4v) is 5.50. The van der Waals surface area contributed by atoms with Crippen molar-refractivity contribution in [1.29, 1.82) is 0 Å². The third-order valence-electron chi connectivity index (χ3n) is 3.41. The molecule has 0 aliphatic carbocycles. The van der Waals surface area contributed by atoms with Gasteiger partial charge in [0, 0.05) is 18.0 Å². The summed E-state index contributed by atoms with van der Waals surface area (Å²) in [5.41, 5.74) is -0.660. The van der Waals surface area contributed by atoms with Gasteiger partial charge in [-0.2, -0.15) is 4.31 Å². The molecule has 126 valence electrons. The van der Waals surface area contributed by atoms with E-state index in [4.69, 9.17) is 5.11 Å². The van der Waals surface area contributed by atoms with Gasteiger partial charge < -0.3 is 5.11 Å². The Bertz CT molecular complexity index is 910. The molecular weight excluding hydrogens is 342 g/mol. The molecule has 0 saturated carbocycles. The number of nitrogens with zero attached hydrogens (tertiary/aromatic N) is 3. The maximum absolute atomic E-state index is 12.8. The van der Waals surface area contributed by atoms with Crippen LogP contribution in [0.4, 0.5) is 0 Å². The van der Waals surface area contributed by atoms with E-state index in [1.165, 1.54) is 4.31 Å². The lowest BCUT2D eigenvalue weighted by Crippen LogP contribution is -2.32. The summed E-state index contributed by atoms with van der Waals surface area (Å²) in [4.78, 5) is 28.1. The van der Waals surface area contributed by atoms with Gasteiger partial charge in [-0.1, -0.05) is 13.8 Å². The predicted molar refractivity (Wildman–Crippen MR) is 86.4 cm³/mol. The summed E-state index contributed by atoms with van der Waals surface area (Å²) >= 11 is 1.11. The van der Waals surface area contributed by atoms with Crippen LogP contribution in [0.25, 0.3) is 10.2 Å². The van der Waals surface area contributed by atoms with Crippen LogP contribution in [0, 0.1) is 6.92 Å². The Morgan fingerprint density at radius 3 is 2.52 bits per heavy atom. The van der Waals surface area contributed by atoms with Crippen molar-refractivity contribution >= 4 is 37.5 Å². The highest BCUT2D eigenvalue weighted by atomic mass is 32.2. The molecule has 0 saturated heterocycles. The van der Waals surface area contributed by atoms with Crippen molar-refractivity contribution in [2.75, 3.05) is 13.1 Å². The number of hydrogen-bond acceptors (Lipinski definition) is 6. The third-order valence-corrected chi connectivity index (χ3v) is 6.77. The highest BCUT2D eigenvalue weighted by molar-refractivity contribution is 7.89. The Balaban J connectivity index is 2.81. The monoisotopic (exact) mass is 359 g/mol. The van der Waals surface area contributed by atoms with Gasteiger partial charge in [0.25, 0.3) is 5.56 Å². The van der Waals surface area contributed by atoms with Gasteiger partial charge in [-0.15, -0.1) is 11.3 Å². The summed E-state index contributed by atoms with van der Waals surface area (Å²) in [6.07, 6.45) is 1.13. The van der Waals surface area contributed by atoms with E-state index in [0.717, 1.165) is 22.2 Å². The zero-order chi connectivity index (χ0) is 17.4. The van der Waals surface area contributed by atoms with E-state index in [9.17, 15) is 18.0 Å². The fourth-order valence-electron chi connectivity index (χ4n) is 2.37. The van der Waals surface area contributed by atoms with E-state index in [0.29, 0.717) is 9.71 Å². The standard InChI is InChI=1S/C13H17N3O5S2/c1-4-16(5-2)23(20,21)11-8(3)22-12-10(11)13(19)15(7-14-12)6-9(17)18/h7H,4-6H2,1-3H3,(H,17,18). The topological polar surface area (TPSA) is 110 Å². The molecule has 0 atom stereocenters. The molecule has 0 unspecified atom stereocenters. The first kappa shape index (κ1) is 17.6. The van der Waals surface area contributed by atoms with Gasteiger partial charge in [0.05, 0.1) is 11.7 Å². The number of hydrogen-bond donors (Lipinski definition) is 1. The number of aliphatic carboxylic acids is 1. The first-order valence-electron chi connectivity index (χ1n) is 6.94. The number of aryl methyl sites for hydroxylation is 1. The molecule has 23 heavy (non-hydrogen) atoms. The number of thiophene rings is 1. The summed E-state index contributed by atoms with van der Waals surface area (Å²) in [6.45, 7) is 5.03. The van der Waals surface area contributed by atoms with Crippen LogP contribution in [0.15, 0.2) is 16.0 Å². The third kappa shape index (κ3) is 3.01. The van der Waals surface area contributed by atoms with E-state index in [-0.39, 0.29) is 23.4 Å². The summed E-state index contributed by atoms with van der Waals surface area (Å²) in [5, 5.41) is 8.81. The van der Waals surface area contributed by atoms with Crippen molar-refractivity contribution in [3.63, 3.8) is 0 Å². The van der Waals surface area contributed by atoms with Crippen molar-refractivity contribution in [3.05, 3.63) is 21.6 Å². The minimum Gasteiger partial charge on any atom is -0.480 e. The molecule has 2 aromatic heterocycles. The quantitative estimate of drug-likeness (QED) is 0.820. The van der Waals surface area contributed by atoms with E-state index < -0.39 is 28.1 Å². The average molecular weight is 359 g/mol. The zero-order valence-electron chi connectivity index (χ0n) is 12.9. The van der Waals surface area contributed by atoms with Crippen LogP contribution in [0.3, 0.4) is 0 Å². The lowest BCUT2D eigenvalue weighted by molar-refractivity contribution is -0.137. The van der Waals surface area contributed by atoms with Crippen molar-refractivity contribution in [3.8, 4) is 0 Å². The molecule has 2 rings (SSSR count). The first-order valence-corrected chi connectivity index (χ1v) is 9.20. The van der Waals surface area contributed by atoms with Crippen molar-refractivity contribution in [2.24, 2.45) is 0 Å². The summed E-state index contributed by atoms with van der Waals surface area (Å²) in [6, 6.07) is 0. The number of aromatic nitrogens is 2. The molecule has 0 aliphatic rings. The van der Waals surface area contributed by atoms with Crippen LogP contribution in [0.5, 0.6) is 0 Å². The van der Waals surface area contributed by atoms with E-state index >= 15 is 0 Å². The molecule has 10 heteroatoms. The van der Waals surface area contributed by atoms with Gasteiger partial charge >= 0.3 is 5.97 Å². The second-order valence-electron chi connectivity index (χ2n) is 4.83. The molecule has 0 aliphatic heterocycles. The zero-order valence-corrected chi connectivity index (χ0v) is 14.6. The largest absolute Gasteiger partial charge is 0.480 e. The molecule has 2 aromatic rings. The molecule has 0 radical (unpaired) electrons. The fraction of sp³-hybridized carbons (Fsp3) is 0.462. The second-order valence-corrected chi connectivity index (χ2v) is 7.91. The Morgan fingerprint density at radius 2 is 2.00 bits per heavy atom. The maximum Gasteiger partial charge on any atom is 0.323 e. The number of sulfonamides is 1. The average Bonchev–Trinajstić information content (AvgIpc) is 2.80. The normalized spacial score (nSPS) is 12.2. The van der Waals surface area contributed by atoms with Crippen molar-refractivity contribution < 1.29 is 18.3 Å². The van der Waals surface area contributed by atoms with E-state index in [1.54, 1.807) is 20.8 Å². The van der Waals surface area contributed by atoms with Crippen molar-refractivity contribution in [2.45, 2.75) is 32.2 Å². The summed E-state index contributed by atoms with van der Waals surface area (Å²) in [7, 11) is -3.84. The van der Waals surface area contributed by atoms with Crippen LogP contribution >= 0.6 is 11.3 Å². The van der Waals surface area contributed by atoms with Gasteiger partial charge in [-0.05, 0) is 6.92 Å². The molecule has 1 N–H and O–H groups in total. The SMILES string of the molecule is CCN(CC)S(=O)(=O)c1c(C)sc2ncn(CC(=O)O)c(=O)c12. The maximum atomic E-state index is 12.8. The van der Waals surface area contributed by atoms with E-state index in [1.807, 2.05) is 0 Å². The lowest BCUT2D eigenvalue weighted by Gasteiger charge is -2.18. The van der Waals surface area contributed by atoms with Crippen LogP contribution < -0.4 is 5.56 Å². The Kier molecular flexibility index (Phi) is 4.87. The minimum atomic E-state index is -3.84. The first-order chi connectivity index (χ1) is 10.7. The van der Waals surface area contributed by atoms with Gasteiger partial charge in [-0.25, -0.2) is 13.4 Å². The highest BCUT2D eigenvalue weighted by Crippen LogP contribution is 2.32. The molecule has 8 nitrogen and oxygen atoms in total. The smallest absolute Gasteiger partial charge is 0.323 e. The van der Waals surface area contributed by atoms with Gasteiger partial charge in [0.15, 0.2) is 0 Å². The van der Waals surface area contributed by atoms with Crippen LogP contribution in [0.2, 0.25) is 0 Å². The Hall–Kier alpha value is -1.78. The van der Waals surface area contributed by atoms with Gasteiger partial charge in [-0.3, -0.25) is 14.2 Å². The number of fused-ring (bicyclic) bond motifs is 1. The van der Waals surface area contributed by atoms with Gasteiger partial charge in [0.1, 0.15) is 16.3 Å². The number of rotatable bonds is 6. The molecule has 0 amide bonds. The Morgan fingerprint density at radius 1 is 1.39 bits per heavy atom. The Labute approximate surface area is 137 Å². The summed E-state index contributed by atoms with van der Waals surface area (Å²) in [5.74, 6) is -1.20. The molecule has 0 bridgehead atoms. The molecule has 0 spiro atoms. The number of carboxylic acid groups (broad SMARTS) is 1. The van der Waals surface area contributed by atoms with Crippen LogP contribution in [-0.2, 0) is 21.4 Å². The molecular formula is C13H17N3O5S2. The highest BCUT2D eigenvalue weighted by Gasteiger charge is 2.30. The molecule has 0 aromatic carbocycles. The van der Waals surface area contributed by atoms with Gasteiger partial charge in [0.2, 0.25) is 10.0 Å². The van der Waals surface area contributed by atoms with E-state index in [2.05, 4.69) is 4.98 Å². The predicted octanol–water partition coefficient (Wildman–Crippen LogP) is 0.882. The van der Waals surface area contributed by atoms with Crippen molar-refractivity contribution in [1.82, 2.24) is 13.9 Å². The van der Waals surface area contributed by atoms with Crippen LogP contribution in [0.1, 0.15) is 18.7 Å². The number of carbonyl (C=O) groups is 1. The summed E-state index contributed by atoms with van der Waals surface area (Å²) < 4.78 is 27.8. The lowest BCUT2D eigenvalue weighted by atomic mass is 10.3. The second kappa shape index (κ2) is 6.38. The molecule has 2 heterocycles. The van der Waals surface area contributed by atoms with Crippen LogP contribution in [-0.4, -0.2) is 46.4 Å². The number of carboxylic acids is 1. The molecule has 0 fully saturated rings.